The number of hydrogen-bond acceptors (Lipinski definition) is 5. The Hall–Kier alpha value is -3.41. The molecule has 0 N–H and O–H groups in total. The van der Waals surface area contributed by atoms with Gasteiger partial charge in [0.05, 0.1) is 12.6 Å². The van der Waals surface area contributed by atoms with E-state index in [1.165, 1.54) is 25.5 Å². The van der Waals surface area contributed by atoms with Gasteiger partial charge in [0.2, 0.25) is 5.91 Å². The Morgan fingerprint density at radius 2 is 1.71 bits per heavy atom. The number of carbonyl (C=O) groups excluding carboxylic acids is 3. The van der Waals surface area contributed by atoms with Gasteiger partial charge in [0, 0.05) is 31.9 Å². The van der Waals surface area contributed by atoms with Gasteiger partial charge < -0.3 is 9.47 Å². The van der Waals surface area contributed by atoms with E-state index in [0.29, 0.717) is 23.1 Å². The summed E-state index contributed by atoms with van der Waals surface area (Å²) in [4.78, 5) is 35.5. The number of carbonyl (C=O) groups is 3. The molecular formula is C22H21NO5. The molecule has 0 unspecified atom stereocenters. The summed E-state index contributed by atoms with van der Waals surface area (Å²) in [5, 5.41) is 0.647. The van der Waals surface area contributed by atoms with Gasteiger partial charge in [-0.15, -0.1) is 0 Å². The Kier molecular flexibility index (Phi) is 5.59. The molecule has 0 aliphatic carbocycles. The van der Waals surface area contributed by atoms with E-state index in [-0.39, 0.29) is 18.3 Å². The molecule has 6 nitrogen and oxygen atoms in total. The maximum atomic E-state index is 12.2. The Morgan fingerprint density at radius 3 is 2.32 bits per heavy atom. The number of benzene rings is 2. The second kappa shape index (κ2) is 8.08. The minimum Gasteiger partial charge on any atom is -0.469 e. The molecule has 0 atom stereocenters. The van der Waals surface area contributed by atoms with Crippen LogP contribution in [0.1, 0.15) is 30.6 Å². The summed E-state index contributed by atoms with van der Waals surface area (Å²) in [5.74, 6) is -0.614. The molecule has 144 valence electrons. The van der Waals surface area contributed by atoms with Crippen LogP contribution in [-0.4, -0.2) is 29.5 Å². The highest BCUT2D eigenvalue weighted by Gasteiger charge is 2.19. The second-order valence-corrected chi connectivity index (χ2v) is 6.45. The van der Waals surface area contributed by atoms with Crippen LogP contribution in [-0.2, 0) is 20.7 Å². The normalized spacial score (nSPS) is 10.7. The maximum absolute atomic E-state index is 12.2. The van der Waals surface area contributed by atoms with Crippen LogP contribution < -0.4 is 4.74 Å². The first-order valence-electron chi connectivity index (χ1n) is 8.90. The highest BCUT2D eigenvalue weighted by atomic mass is 16.5. The molecule has 28 heavy (non-hydrogen) atoms. The van der Waals surface area contributed by atoms with E-state index in [0.717, 1.165) is 16.7 Å². The topological polar surface area (TPSA) is 74.6 Å². The summed E-state index contributed by atoms with van der Waals surface area (Å²) in [6, 6.07) is 13.3. The molecule has 0 radical (unpaired) electrons. The molecule has 3 rings (SSSR count). The zero-order chi connectivity index (χ0) is 20.3. The minimum absolute atomic E-state index is 0.160. The number of ether oxygens (including phenoxy) is 2. The fraction of sp³-hybridized carbons (Fsp3) is 0.227. The van der Waals surface area contributed by atoms with Gasteiger partial charge in [-0.3, -0.25) is 19.0 Å². The molecule has 3 aromatic rings. The van der Waals surface area contributed by atoms with Gasteiger partial charge in [-0.1, -0.05) is 30.3 Å². The van der Waals surface area contributed by atoms with Crippen LogP contribution in [0.5, 0.6) is 5.75 Å². The molecule has 0 amide bonds. The molecule has 1 aromatic heterocycles. The Morgan fingerprint density at radius 1 is 1.00 bits per heavy atom. The third-order valence-corrected chi connectivity index (χ3v) is 4.47. The van der Waals surface area contributed by atoms with Crippen LogP contribution in [0, 0.1) is 0 Å². The first-order chi connectivity index (χ1) is 13.4. The van der Waals surface area contributed by atoms with Gasteiger partial charge in [-0.2, -0.15) is 0 Å². The number of aromatic nitrogens is 1. The van der Waals surface area contributed by atoms with Crippen LogP contribution in [0.4, 0.5) is 0 Å². The van der Waals surface area contributed by atoms with Crippen molar-refractivity contribution in [3.63, 3.8) is 0 Å². The van der Waals surface area contributed by atoms with E-state index < -0.39 is 5.97 Å². The van der Waals surface area contributed by atoms with Crippen molar-refractivity contribution < 1.29 is 23.9 Å². The molecule has 6 heteroatoms. The van der Waals surface area contributed by atoms with Crippen molar-refractivity contribution in [1.29, 1.82) is 0 Å². The molecule has 0 fully saturated rings. The second-order valence-electron chi connectivity index (χ2n) is 6.45. The lowest BCUT2D eigenvalue weighted by Crippen LogP contribution is -2.05. The summed E-state index contributed by atoms with van der Waals surface area (Å²) in [5.41, 5.74) is 3.13. The van der Waals surface area contributed by atoms with Crippen LogP contribution in [0.15, 0.2) is 48.7 Å². The van der Waals surface area contributed by atoms with Crippen LogP contribution in [0.3, 0.4) is 0 Å². The third-order valence-electron chi connectivity index (χ3n) is 4.47. The van der Waals surface area contributed by atoms with Crippen molar-refractivity contribution >= 4 is 28.7 Å². The first kappa shape index (κ1) is 19.4. The van der Waals surface area contributed by atoms with Crippen LogP contribution in [0.25, 0.3) is 22.0 Å². The molecule has 2 aromatic carbocycles. The average molecular weight is 379 g/mol. The number of rotatable bonds is 5. The standard InChI is InChI=1S/C22H21NO5/c1-14(24)23-13-17(9-10-21(26)27-3)22-19(23)11-18(12-20(22)28-15(2)25)16-7-5-4-6-8-16/h4-8,11-13H,9-10H2,1-3H3. The number of hydrogen-bond donors (Lipinski definition) is 0. The predicted molar refractivity (Wildman–Crippen MR) is 105 cm³/mol. The summed E-state index contributed by atoms with van der Waals surface area (Å²) < 4.78 is 11.7. The van der Waals surface area contributed by atoms with Gasteiger partial charge in [-0.05, 0) is 35.2 Å². The first-order valence-corrected chi connectivity index (χ1v) is 8.90. The molecule has 1 heterocycles. The van der Waals surface area contributed by atoms with Gasteiger partial charge in [0.1, 0.15) is 5.75 Å². The Bertz CT molecular complexity index is 1050. The zero-order valence-electron chi connectivity index (χ0n) is 16.0. The largest absolute Gasteiger partial charge is 0.469 e. The van der Waals surface area contributed by atoms with Crippen molar-refractivity contribution in [3.8, 4) is 16.9 Å². The lowest BCUT2D eigenvalue weighted by atomic mass is 10.0. The van der Waals surface area contributed by atoms with Crippen molar-refractivity contribution in [2.75, 3.05) is 7.11 Å². The van der Waals surface area contributed by atoms with Crippen molar-refractivity contribution in [2.24, 2.45) is 0 Å². The maximum Gasteiger partial charge on any atom is 0.308 e. The van der Waals surface area contributed by atoms with Gasteiger partial charge >= 0.3 is 11.9 Å². The quantitative estimate of drug-likeness (QED) is 0.495. The number of nitrogens with zero attached hydrogens (tertiary/aromatic N) is 1. The SMILES string of the molecule is COC(=O)CCc1cn(C(C)=O)c2cc(-c3ccccc3)cc(OC(C)=O)c12. The monoisotopic (exact) mass is 379 g/mol. The molecule has 0 aliphatic rings. The average Bonchev–Trinajstić information content (AvgIpc) is 3.05. The summed E-state index contributed by atoms with van der Waals surface area (Å²) in [6.45, 7) is 2.79. The predicted octanol–water partition coefficient (Wildman–Crippen LogP) is 4.00. The summed E-state index contributed by atoms with van der Waals surface area (Å²) >= 11 is 0. The van der Waals surface area contributed by atoms with E-state index in [2.05, 4.69) is 0 Å². The fourth-order valence-corrected chi connectivity index (χ4v) is 3.22. The van der Waals surface area contributed by atoms with Crippen LogP contribution >= 0.6 is 0 Å². The molecule has 0 aliphatic heterocycles. The fourth-order valence-electron chi connectivity index (χ4n) is 3.22. The summed E-state index contributed by atoms with van der Waals surface area (Å²) in [7, 11) is 1.33. The van der Waals surface area contributed by atoms with Crippen molar-refractivity contribution in [3.05, 3.63) is 54.2 Å². The van der Waals surface area contributed by atoms with E-state index in [9.17, 15) is 14.4 Å². The van der Waals surface area contributed by atoms with Crippen molar-refractivity contribution in [2.45, 2.75) is 26.7 Å². The lowest BCUT2D eigenvalue weighted by molar-refractivity contribution is -0.140. The summed E-state index contributed by atoms with van der Waals surface area (Å²) in [6.07, 6.45) is 2.22. The minimum atomic E-state index is -0.457. The lowest BCUT2D eigenvalue weighted by Gasteiger charge is -2.10. The van der Waals surface area contributed by atoms with Gasteiger partial charge in [-0.25, -0.2) is 0 Å². The van der Waals surface area contributed by atoms with E-state index >= 15 is 0 Å². The highest BCUT2D eigenvalue weighted by Crippen LogP contribution is 2.36. The number of esters is 2. The third kappa shape index (κ3) is 3.96. The Balaban J connectivity index is 2.24. The van der Waals surface area contributed by atoms with E-state index in [1.807, 2.05) is 36.4 Å². The molecule has 0 saturated carbocycles. The zero-order valence-corrected chi connectivity index (χ0v) is 16.0. The molecule has 0 saturated heterocycles. The smallest absolute Gasteiger partial charge is 0.308 e. The number of aryl methyl sites for hydroxylation is 1. The van der Waals surface area contributed by atoms with Crippen LogP contribution in [0.2, 0.25) is 0 Å². The van der Waals surface area contributed by atoms with E-state index in [4.69, 9.17) is 9.47 Å². The number of methoxy groups -OCH3 is 1. The van der Waals surface area contributed by atoms with Crippen molar-refractivity contribution in [1.82, 2.24) is 4.57 Å². The number of fused-ring (bicyclic) bond motifs is 1. The highest BCUT2D eigenvalue weighted by molar-refractivity contribution is 6.00. The van der Waals surface area contributed by atoms with Gasteiger partial charge in [0.25, 0.3) is 0 Å². The molecule has 0 bridgehead atoms. The molecular weight excluding hydrogens is 358 g/mol. The van der Waals surface area contributed by atoms with Gasteiger partial charge in [0.15, 0.2) is 0 Å². The van der Waals surface area contributed by atoms with E-state index in [1.54, 1.807) is 12.3 Å². The Labute approximate surface area is 162 Å². The molecule has 0 spiro atoms.